The fraction of sp³-hybridized carbons (Fsp3) is 0.214. The fourth-order valence-electron chi connectivity index (χ4n) is 2.01. The van der Waals surface area contributed by atoms with Crippen molar-refractivity contribution in [3.63, 3.8) is 0 Å². The molecule has 0 bridgehead atoms. The summed E-state index contributed by atoms with van der Waals surface area (Å²) in [5.41, 5.74) is 2.15. The number of allylic oxidation sites excluding steroid dienone is 1. The number of methoxy groups -OCH3 is 1. The Labute approximate surface area is 117 Å². The molecule has 1 heterocycles. The predicted octanol–water partition coefficient (Wildman–Crippen LogP) is 2.18. The molecule has 4 nitrogen and oxygen atoms in total. The lowest BCUT2D eigenvalue weighted by atomic mass is 9.96. The van der Waals surface area contributed by atoms with Gasteiger partial charge in [0.25, 0.3) is 0 Å². The summed E-state index contributed by atoms with van der Waals surface area (Å²) >= 11 is 4.90. The smallest absolute Gasteiger partial charge is 0.338 e. The van der Waals surface area contributed by atoms with Gasteiger partial charge in [0, 0.05) is 11.1 Å². The molecule has 1 atom stereocenters. The average molecular weight is 274 g/mol. The second-order valence-electron chi connectivity index (χ2n) is 4.10. The number of thiocarbonyl (C=S) groups is 1. The lowest BCUT2D eigenvalue weighted by molar-refractivity contribution is -0.136. The van der Waals surface area contributed by atoms with E-state index in [0.717, 1.165) is 5.56 Å². The van der Waals surface area contributed by atoms with Gasteiger partial charge >= 0.3 is 5.97 Å². The summed E-state index contributed by atoms with van der Waals surface area (Å²) in [6.45, 7) is 1.82. The molecule has 1 unspecified atom stereocenters. The summed E-state index contributed by atoms with van der Waals surface area (Å²) < 4.78 is 4.84. The Hall–Kier alpha value is -2.01. The van der Waals surface area contributed by atoms with Crippen molar-refractivity contribution in [3.05, 3.63) is 47.2 Å². The number of aliphatic imine (C=N–C) groups is 1. The van der Waals surface area contributed by atoms with Crippen LogP contribution >= 0.6 is 12.2 Å². The van der Waals surface area contributed by atoms with Crippen molar-refractivity contribution < 1.29 is 9.53 Å². The van der Waals surface area contributed by atoms with Crippen LogP contribution in [0.15, 0.2) is 46.6 Å². The van der Waals surface area contributed by atoms with Crippen molar-refractivity contribution in [2.24, 2.45) is 4.99 Å². The molecule has 0 saturated carbocycles. The largest absolute Gasteiger partial charge is 0.466 e. The van der Waals surface area contributed by atoms with Crippen molar-refractivity contribution in [1.29, 1.82) is 0 Å². The van der Waals surface area contributed by atoms with Crippen LogP contribution in [0, 0.1) is 0 Å². The predicted molar refractivity (Wildman–Crippen MR) is 78.1 cm³/mol. The van der Waals surface area contributed by atoms with E-state index in [4.69, 9.17) is 17.0 Å². The Morgan fingerprint density at radius 1 is 1.42 bits per heavy atom. The van der Waals surface area contributed by atoms with Crippen molar-refractivity contribution in [2.75, 3.05) is 7.11 Å². The van der Waals surface area contributed by atoms with E-state index < -0.39 is 0 Å². The number of carbonyl (C=O) groups is 1. The molecule has 0 radical (unpaired) electrons. The van der Waals surface area contributed by atoms with Crippen LogP contribution in [0.25, 0.3) is 0 Å². The molecule has 0 aromatic heterocycles. The minimum atomic E-state index is -0.385. The van der Waals surface area contributed by atoms with E-state index in [1.165, 1.54) is 12.5 Å². The summed E-state index contributed by atoms with van der Waals surface area (Å²) in [4.78, 5) is 16.4. The number of nitrogens with zero attached hydrogens (tertiary/aromatic N) is 1. The van der Waals surface area contributed by atoms with E-state index >= 15 is 0 Å². The van der Waals surface area contributed by atoms with Gasteiger partial charge < -0.3 is 10.1 Å². The van der Waals surface area contributed by atoms with E-state index in [-0.39, 0.29) is 12.0 Å². The summed E-state index contributed by atoms with van der Waals surface area (Å²) in [5, 5.41) is 4.47. The van der Waals surface area contributed by atoms with Gasteiger partial charge in [-0.2, -0.15) is 0 Å². The lowest BCUT2D eigenvalue weighted by Gasteiger charge is -2.24. The number of benzene rings is 1. The molecule has 19 heavy (non-hydrogen) atoms. The third-order valence-corrected chi connectivity index (χ3v) is 3.12. The van der Waals surface area contributed by atoms with Gasteiger partial charge in [0.2, 0.25) is 0 Å². The molecule has 0 saturated heterocycles. The highest BCUT2D eigenvalue weighted by molar-refractivity contribution is 7.80. The van der Waals surface area contributed by atoms with E-state index in [1.807, 2.05) is 37.3 Å². The van der Waals surface area contributed by atoms with Gasteiger partial charge in [-0.25, -0.2) is 4.79 Å². The normalized spacial score (nSPS) is 18.4. The standard InChI is InChI=1S/C14H14N2O2S/c1-9-12(14(17)18-2)13(16-11(8-19)15-9)10-6-4-3-5-7-10/h3-8,13H,1-2H3,(H,15,16). The molecule has 1 aromatic carbocycles. The Morgan fingerprint density at radius 3 is 2.68 bits per heavy atom. The van der Waals surface area contributed by atoms with Gasteiger partial charge in [-0.1, -0.05) is 42.5 Å². The summed E-state index contributed by atoms with van der Waals surface area (Å²) in [6.07, 6.45) is 0. The van der Waals surface area contributed by atoms with Crippen LogP contribution in [-0.4, -0.2) is 24.3 Å². The summed E-state index contributed by atoms with van der Waals surface area (Å²) in [6, 6.07) is 9.21. The number of carbonyl (C=O) groups excluding carboxylic acids is 1. The Bertz CT molecular complexity index is 564. The molecule has 1 N–H and O–H groups in total. The molecule has 0 spiro atoms. The summed E-state index contributed by atoms with van der Waals surface area (Å²) in [7, 11) is 1.36. The topological polar surface area (TPSA) is 50.7 Å². The average Bonchev–Trinajstić information content (AvgIpc) is 2.46. The van der Waals surface area contributed by atoms with Crippen LogP contribution in [0.5, 0.6) is 0 Å². The molecule has 98 valence electrons. The van der Waals surface area contributed by atoms with E-state index in [9.17, 15) is 4.79 Å². The van der Waals surface area contributed by atoms with Crippen LogP contribution in [0.1, 0.15) is 18.5 Å². The van der Waals surface area contributed by atoms with Crippen LogP contribution in [0.3, 0.4) is 0 Å². The maximum absolute atomic E-state index is 11.9. The molecular weight excluding hydrogens is 260 g/mol. The second kappa shape index (κ2) is 5.75. The monoisotopic (exact) mass is 274 g/mol. The van der Waals surface area contributed by atoms with Crippen molar-refractivity contribution in [1.82, 2.24) is 5.32 Å². The molecule has 0 amide bonds. The third-order valence-electron chi connectivity index (χ3n) is 2.89. The molecule has 1 aliphatic rings. The Morgan fingerprint density at radius 2 is 2.11 bits per heavy atom. The summed E-state index contributed by atoms with van der Waals surface area (Å²) in [5.74, 6) is 0.194. The number of ether oxygens (including phenoxy) is 1. The maximum Gasteiger partial charge on any atom is 0.338 e. The molecule has 5 heteroatoms. The minimum Gasteiger partial charge on any atom is -0.466 e. The molecular formula is C14H14N2O2S. The van der Waals surface area contributed by atoms with E-state index in [1.54, 1.807) is 0 Å². The van der Waals surface area contributed by atoms with Gasteiger partial charge in [0.15, 0.2) is 0 Å². The SMILES string of the molecule is COC(=O)C1=C(C)NC(C=S)=NC1c1ccccc1. The maximum atomic E-state index is 11.9. The lowest BCUT2D eigenvalue weighted by Crippen LogP contribution is -2.32. The first kappa shape index (κ1) is 13.4. The third kappa shape index (κ3) is 2.71. The zero-order valence-corrected chi connectivity index (χ0v) is 11.5. The number of rotatable bonds is 3. The highest BCUT2D eigenvalue weighted by atomic mass is 32.1. The number of hydrogen-bond donors (Lipinski definition) is 1. The molecule has 1 aliphatic heterocycles. The van der Waals surface area contributed by atoms with Gasteiger partial charge in [-0.3, -0.25) is 4.99 Å². The molecule has 2 rings (SSSR count). The van der Waals surface area contributed by atoms with E-state index in [2.05, 4.69) is 10.3 Å². The first-order chi connectivity index (χ1) is 9.17. The Balaban J connectivity index is 2.50. The molecule has 1 aromatic rings. The number of hydrogen-bond acceptors (Lipinski definition) is 5. The minimum absolute atomic E-state index is 0.383. The zero-order valence-electron chi connectivity index (χ0n) is 10.7. The van der Waals surface area contributed by atoms with Crippen LogP contribution in [-0.2, 0) is 9.53 Å². The molecule has 0 aliphatic carbocycles. The second-order valence-corrected chi connectivity index (χ2v) is 4.34. The van der Waals surface area contributed by atoms with Crippen molar-refractivity contribution in [2.45, 2.75) is 13.0 Å². The van der Waals surface area contributed by atoms with Crippen LogP contribution in [0.4, 0.5) is 0 Å². The van der Waals surface area contributed by atoms with Crippen molar-refractivity contribution >= 4 is 29.4 Å². The van der Waals surface area contributed by atoms with Crippen molar-refractivity contribution in [3.8, 4) is 0 Å². The highest BCUT2D eigenvalue weighted by Gasteiger charge is 2.29. The van der Waals surface area contributed by atoms with Gasteiger partial charge in [0.1, 0.15) is 11.9 Å². The Kier molecular flexibility index (Phi) is 4.06. The number of esters is 1. The van der Waals surface area contributed by atoms with Crippen LogP contribution < -0.4 is 5.32 Å². The molecule has 0 fully saturated rings. The number of amidine groups is 1. The van der Waals surface area contributed by atoms with Gasteiger partial charge in [-0.05, 0) is 12.5 Å². The van der Waals surface area contributed by atoms with E-state index in [0.29, 0.717) is 17.1 Å². The highest BCUT2D eigenvalue weighted by Crippen LogP contribution is 2.30. The first-order valence-corrected chi connectivity index (χ1v) is 6.28. The fourth-order valence-corrected chi connectivity index (χ4v) is 2.13. The zero-order chi connectivity index (χ0) is 13.8. The van der Waals surface area contributed by atoms with Gasteiger partial charge in [0.05, 0.1) is 12.7 Å². The van der Waals surface area contributed by atoms with Crippen LogP contribution in [0.2, 0.25) is 0 Å². The number of nitrogens with one attached hydrogen (secondary N) is 1. The first-order valence-electron chi connectivity index (χ1n) is 5.81. The van der Waals surface area contributed by atoms with Gasteiger partial charge in [-0.15, -0.1) is 0 Å². The quantitative estimate of drug-likeness (QED) is 0.678.